The van der Waals surface area contributed by atoms with E-state index in [-0.39, 0.29) is 11.8 Å². The summed E-state index contributed by atoms with van der Waals surface area (Å²) in [6, 6.07) is 13.5. The summed E-state index contributed by atoms with van der Waals surface area (Å²) in [5.74, 6) is 1.00. The maximum Gasteiger partial charge on any atom is 0.227 e. The largest absolute Gasteiger partial charge is 0.326 e. The molecule has 0 unspecified atom stereocenters. The Morgan fingerprint density at radius 1 is 1.04 bits per heavy atom. The summed E-state index contributed by atoms with van der Waals surface area (Å²) in [5, 5.41) is 4.84. The lowest BCUT2D eigenvalue weighted by atomic mass is 9.73. The topological polar surface area (TPSA) is 54.9 Å². The van der Waals surface area contributed by atoms with Gasteiger partial charge in [0.05, 0.1) is 0 Å². The van der Waals surface area contributed by atoms with Gasteiger partial charge in [-0.1, -0.05) is 18.5 Å². The molecule has 1 amide bonds. The molecule has 0 saturated heterocycles. The van der Waals surface area contributed by atoms with Crippen molar-refractivity contribution in [1.29, 1.82) is 0 Å². The van der Waals surface area contributed by atoms with Gasteiger partial charge < -0.3 is 5.32 Å². The minimum Gasteiger partial charge on any atom is -0.326 e. The lowest BCUT2D eigenvalue weighted by molar-refractivity contribution is -0.121. The van der Waals surface area contributed by atoms with E-state index < -0.39 is 0 Å². The average molecular weight is 394 g/mol. The number of carbonyl (C=O) groups excluding carboxylic acids is 1. The fraction of sp³-hybridized carbons (Fsp3) is 0.348. The number of aromatic nitrogens is 2. The number of halogens is 1. The first kappa shape index (κ1) is 18.9. The minimum absolute atomic E-state index is 0.00696. The smallest absolute Gasteiger partial charge is 0.227 e. The molecule has 1 saturated carbocycles. The first-order chi connectivity index (χ1) is 13.6. The van der Waals surface area contributed by atoms with Crippen molar-refractivity contribution < 1.29 is 4.79 Å². The number of hydrogen-bond acceptors (Lipinski definition) is 3. The molecule has 3 aromatic rings. The molecular weight excluding hydrogens is 370 g/mol. The van der Waals surface area contributed by atoms with Crippen LogP contribution in [0.15, 0.2) is 54.9 Å². The standard InChI is InChI=1S/C23H24ClN3O/c1-15(23(28)27-19-10-8-18(24)9-11-19)16-4-6-17(7-5-16)20-12-14-26-22-21(20)3-2-13-25-22/h2-3,8-17H,4-7H2,1H3,(H,27,28)/t15-,16-,17-/m0/s1. The Morgan fingerprint density at radius 2 is 1.75 bits per heavy atom. The Morgan fingerprint density at radius 3 is 2.50 bits per heavy atom. The van der Waals surface area contributed by atoms with E-state index in [0.29, 0.717) is 16.9 Å². The van der Waals surface area contributed by atoms with Crippen molar-refractivity contribution in [3.8, 4) is 0 Å². The molecule has 1 N–H and O–H groups in total. The quantitative estimate of drug-likeness (QED) is 0.606. The number of nitrogens with zero attached hydrogens (tertiary/aromatic N) is 2. The molecule has 1 aliphatic rings. The SMILES string of the molecule is C[C@H](C(=O)Nc1ccc(Cl)cc1)[C@H]1CC[C@H](c2ccnc3ncccc32)CC1. The van der Waals surface area contributed by atoms with Crippen LogP contribution in [0, 0.1) is 11.8 Å². The van der Waals surface area contributed by atoms with E-state index in [9.17, 15) is 4.79 Å². The van der Waals surface area contributed by atoms with Crippen LogP contribution in [0.2, 0.25) is 5.02 Å². The summed E-state index contributed by atoms with van der Waals surface area (Å²) in [4.78, 5) is 21.4. The van der Waals surface area contributed by atoms with E-state index in [1.54, 1.807) is 18.3 Å². The highest BCUT2D eigenvalue weighted by atomic mass is 35.5. The van der Waals surface area contributed by atoms with Gasteiger partial charge >= 0.3 is 0 Å². The molecule has 0 aliphatic heterocycles. The number of anilines is 1. The number of pyridine rings is 2. The molecule has 1 aromatic carbocycles. The van der Waals surface area contributed by atoms with Crippen LogP contribution < -0.4 is 5.32 Å². The molecule has 144 valence electrons. The van der Waals surface area contributed by atoms with Gasteiger partial charge in [0.2, 0.25) is 5.91 Å². The molecule has 4 nitrogen and oxygen atoms in total. The van der Waals surface area contributed by atoms with Gasteiger partial charge in [-0.05, 0) is 85.5 Å². The van der Waals surface area contributed by atoms with Crippen molar-refractivity contribution in [2.24, 2.45) is 11.8 Å². The fourth-order valence-corrected chi connectivity index (χ4v) is 4.42. The number of carbonyl (C=O) groups is 1. The number of hydrogen-bond donors (Lipinski definition) is 1. The average Bonchev–Trinajstić information content (AvgIpc) is 2.74. The lowest BCUT2D eigenvalue weighted by Crippen LogP contribution is -2.29. The molecular formula is C23H24ClN3O. The van der Waals surface area contributed by atoms with E-state index in [1.165, 1.54) is 5.56 Å². The lowest BCUT2D eigenvalue weighted by Gasteiger charge is -2.32. The van der Waals surface area contributed by atoms with Crippen molar-refractivity contribution in [2.45, 2.75) is 38.5 Å². The van der Waals surface area contributed by atoms with Gasteiger partial charge in [-0.15, -0.1) is 0 Å². The second-order valence-electron chi connectivity index (χ2n) is 7.67. The van der Waals surface area contributed by atoms with E-state index in [4.69, 9.17) is 11.6 Å². The van der Waals surface area contributed by atoms with Gasteiger partial charge in [0.25, 0.3) is 0 Å². The van der Waals surface area contributed by atoms with E-state index in [1.807, 2.05) is 31.3 Å². The fourth-order valence-electron chi connectivity index (χ4n) is 4.29. The normalized spacial score (nSPS) is 20.6. The Kier molecular flexibility index (Phi) is 5.58. The second-order valence-corrected chi connectivity index (χ2v) is 8.11. The zero-order valence-corrected chi connectivity index (χ0v) is 16.7. The van der Waals surface area contributed by atoms with Crippen molar-refractivity contribution >= 4 is 34.2 Å². The molecule has 1 aliphatic carbocycles. The van der Waals surface area contributed by atoms with Crippen LogP contribution in [-0.4, -0.2) is 15.9 Å². The summed E-state index contributed by atoms with van der Waals surface area (Å²) in [6.45, 7) is 2.04. The van der Waals surface area contributed by atoms with Crippen LogP contribution in [0.25, 0.3) is 11.0 Å². The van der Waals surface area contributed by atoms with E-state index >= 15 is 0 Å². The van der Waals surface area contributed by atoms with Gasteiger partial charge in [0.1, 0.15) is 0 Å². The zero-order chi connectivity index (χ0) is 19.5. The van der Waals surface area contributed by atoms with Crippen LogP contribution in [-0.2, 0) is 4.79 Å². The van der Waals surface area contributed by atoms with Crippen LogP contribution >= 0.6 is 11.6 Å². The number of amides is 1. The zero-order valence-electron chi connectivity index (χ0n) is 15.9. The second kappa shape index (κ2) is 8.27. The molecule has 1 atom stereocenters. The van der Waals surface area contributed by atoms with Crippen molar-refractivity contribution in [3.05, 3.63) is 65.4 Å². The number of nitrogens with one attached hydrogen (secondary N) is 1. The van der Waals surface area contributed by atoms with Crippen molar-refractivity contribution in [3.63, 3.8) is 0 Å². The summed E-state index contributed by atoms with van der Waals surface area (Å²) >= 11 is 5.91. The van der Waals surface area contributed by atoms with Crippen LogP contribution in [0.3, 0.4) is 0 Å². The predicted molar refractivity (Wildman–Crippen MR) is 113 cm³/mol. The highest BCUT2D eigenvalue weighted by Gasteiger charge is 2.30. The molecule has 28 heavy (non-hydrogen) atoms. The highest BCUT2D eigenvalue weighted by molar-refractivity contribution is 6.30. The summed E-state index contributed by atoms with van der Waals surface area (Å²) in [6.07, 6.45) is 7.96. The van der Waals surface area contributed by atoms with Gasteiger partial charge in [0, 0.05) is 34.4 Å². The third-order valence-corrected chi connectivity index (χ3v) is 6.24. The Bertz CT molecular complexity index is 960. The van der Waals surface area contributed by atoms with Gasteiger partial charge in [0.15, 0.2) is 5.65 Å². The molecule has 2 heterocycles. The highest BCUT2D eigenvalue weighted by Crippen LogP contribution is 2.40. The van der Waals surface area contributed by atoms with Gasteiger partial charge in [-0.2, -0.15) is 0 Å². The third-order valence-electron chi connectivity index (χ3n) is 5.99. The molecule has 0 radical (unpaired) electrons. The Labute approximate surface area is 170 Å². The summed E-state index contributed by atoms with van der Waals surface area (Å²) < 4.78 is 0. The van der Waals surface area contributed by atoms with Crippen LogP contribution in [0.1, 0.15) is 44.1 Å². The maximum atomic E-state index is 12.7. The molecule has 0 spiro atoms. The molecule has 4 rings (SSSR count). The Balaban J connectivity index is 1.39. The number of rotatable bonds is 4. The van der Waals surface area contributed by atoms with Crippen molar-refractivity contribution in [2.75, 3.05) is 5.32 Å². The maximum absolute atomic E-state index is 12.7. The van der Waals surface area contributed by atoms with Gasteiger partial charge in [-0.25, -0.2) is 9.97 Å². The first-order valence-electron chi connectivity index (χ1n) is 9.88. The van der Waals surface area contributed by atoms with E-state index in [2.05, 4.69) is 27.4 Å². The van der Waals surface area contributed by atoms with E-state index in [0.717, 1.165) is 42.4 Å². The number of benzene rings is 1. The molecule has 1 fully saturated rings. The minimum atomic E-state index is -0.00696. The third kappa shape index (κ3) is 4.02. The van der Waals surface area contributed by atoms with Crippen LogP contribution in [0.5, 0.6) is 0 Å². The summed E-state index contributed by atoms with van der Waals surface area (Å²) in [7, 11) is 0. The van der Waals surface area contributed by atoms with Crippen LogP contribution in [0.4, 0.5) is 5.69 Å². The monoisotopic (exact) mass is 393 g/mol. The molecule has 2 aromatic heterocycles. The first-order valence-corrected chi connectivity index (χ1v) is 10.3. The molecule has 5 heteroatoms. The summed E-state index contributed by atoms with van der Waals surface area (Å²) in [5.41, 5.74) is 2.96. The number of fused-ring (bicyclic) bond motifs is 1. The van der Waals surface area contributed by atoms with Gasteiger partial charge in [-0.3, -0.25) is 4.79 Å². The molecule has 0 bridgehead atoms. The van der Waals surface area contributed by atoms with Crippen molar-refractivity contribution in [1.82, 2.24) is 9.97 Å². The predicted octanol–water partition coefficient (Wildman–Crippen LogP) is 5.83. The Hall–Kier alpha value is -2.46.